The fraction of sp³-hybridized carbons (Fsp3) is 0.364. The van der Waals surface area contributed by atoms with Crippen LogP contribution in [0.2, 0.25) is 0 Å². The molecule has 3 nitrogen and oxygen atoms in total. The van der Waals surface area contributed by atoms with E-state index in [1.54, 1.807) is 6.07 Å². The van der Waals surface area contributed by atoms with Gasteiger partial charge >= 0.3 is 5.97 Å². The van der Waals surface area contributed by atoms with Gasteiger partial charge in [-0.25, -0.2) is 4.79 Å². The number of carbonyl (C=O) groups is 1. The summed E-state index contributed by atoms with van der Waals surface area (Å²) in [6.45, 7) is 2.04. The van der Waals surface area contributed by atoms with Crippen LogP contribution in [0.3, 0.4) is 0 Å². The number of hydrogen-bond acceptors (Lipinski definition) is 3. The van der Waals surface area contributed by atoms with Gasteiger partial charge in [-0.3, -0.25) is 0 Å². The van der Waals surface area contributed by atoms with Crippen LogP contribution in [0.15, 0.2) is 16.6 Å². The number of rotatable bonds is 3. The smallest absolute Gasteiger partial charge is 0.341 e. The van der Waals surface area contributed by atoms with Gasteiger partial charge in [-0.05, 0) is 24.1 Å². The summed E-state index contributed by atoms with van der Waals surface area (Å²) in [5, 5.41) is 0. The summed E-state index contributed by atoms with van der Waals surface area (Å²) in [7, 11) is 2.89. The number of halogens is 1. The molecule has 1 rings (SSSR count). The second-order valence-electron chi connectivity index (χ2n) is 2.99. The van der Waals surface area contributed by atoms with Gasteiger partial charge in [0.05, 0.1) is 14.2 Å². The van der Waals surface area contributed by atoms with Crippen molar-refractivity contribution in [1.82, 2.24) is 0 Å². The van der Waals surface area contributed by atoms with Crippen LogP contribution in [0.5, 0.6) is 5.75 Å². The van der Waals surface area contributed by atoms with Crippen LogP contribution in [0, 0.1) is 0 Å². The van der Waals surface area contributed by atoms with E-state index in [-0.39, 0.29) is 0 Å². The van der Waals surface area contributed by atoms with Gasteiger partial charge in [-0.15, -0.1) is 0 Å². The molecule has 0 saturated carbocycles. The first-order chi connectivity index (χ1) is 7.13. The van der Waals surface area contributed by atoms with Crippen molar-refractivity contribution in [2.45, 2.75) is 13.3 Å². The van der Waals surface area contributed by atoms with Crippen LogP contribution in [-0.4, -0.2) is 20.2 Å². The molecule has 0 aliphatic carbocycles. The summed E-state index contributed by atoms with van der Waals surface area (Å²) < 4.78 is 10.7. The average molecular weight is 273 g/mol. The molecule has 1 aromatic rings. The first-order valence-electron chi connectivity index (χ1n) is 4.58. The van der Waals surface area contributed by atoms with Crippen molar-refractivity contribution in [3.63, 3.8) is 0 Å². The zero-order chi connectivity index (χ0) is 11.4. The molecular weight excluding hydrogens is 260 g/mol. The molecule has 0 saturated heterocycles. The minimum Gasteiger partial charge on any atom is -0.496 e. The molecule has 0 aliphatic rings. The van der Waals surface area contributed by atoms with Gasteiger partial charge in [0, 0.05) is 4.47 Å². The van der Waals surface area contributed by atoms with Crippen LogP contribution >= 0.6 is 15.9 Å². The molecule has 0 unspecified atom stereocenters. The number of esters is 1. The third-order valence-corrected chi connectivity index (χ3v) is 2.89. The third-order valence-electron chi connectivity index (χ3n) is 2.15. The zero-order valence-electron chi connectivity index (χ0n) is 8.96. The molecule has 82 valence electrons. The molecule has 0 N–H and O–H groups in total. The van der Waals surface area contributed by atoms with E-state index in [0.29, 0.717) is 11.3 Å². The second kappa shape index (κ2) is 5.16. The van der Waals surface area contributed by atoms with E-state index in [9.17, 15) is 4.79 Å². The monoisotopic (exact) mass is 272 g/mol. The molecule has 15 heavy (non-hydrogen) atoms. The van der Waals surface area contributed by atoms with Gasteiger partial charge in [-0.1, -0.05) is 22.9 Å². The molecule has 0 radical (unpaired) electrons. The molecule has 0 aliphatic heterocycles. The Morgan fingerprint density at radius 1 is 1.40 bits per heavy atom. The van der Waals surface area contributed by atoms with Gasteiger partial charge in [0.25, 0.3) is 0 Å². The van der Waals surface area contributed by atoms with Crippen LogP contribution in [0.1, 0.15) is 22.8 Å². The standard InChI is InChI=1S/C11H13BrO3/c1-4-7-5-10(14-2)8(6-9(7)12)11(13)15-3/h5-6H,4H2,1-3H3. The molecular formula is C11H13BrO3. The molecule has 1 aromatic carbocycles. The first kappa shape index (κ1) is 12.0. The molecule has 0 heterocycles. The van der Waals surface area contributed by atoms with Gasteiger partial charge in [-0.2, -0.15) is 0 Å². The average Bonchev–Trinajstić information content (AvgIpc) is 2.27. The van der Waals surface area contributed by atoms with Crippen LogP contribution in [0.4, 0.5) is 0 Å². The van der Waals surface area contributed by atoms with Crippen molar-refractivity contribution >= 4 is 21.9 Å². The van der Waals surface area contributed by atoms with Gasteiger partial charge in [0.2, 0.25) is 0 Å². The van der Waals surface area contributed by atoms with Crippen molar-refractivity contribution in [2.75, 3.05) is 14.2 Å². The Bertz CT molecular complexity index is 374. The predicted molar refractivity (Wildman–Crippen MR) is 61.4 cm³/mol. The Hall–Kier alpha value is -1.03. The Morgan fingerprint density at radius 2 is 2.07 bits per heavy atom. The highest BCUT2D eigenvalue weighted by Crippen LogP contribution is 2.28. The van der Waals surface area contributed by atoms with E-state index in [1.165, 1.54) is 14.2 Å². The van der Waals surface area contributed by atoms with Crippen molar-refractivity contribution in [1.29, 1.82) is 0 Å². The summed E-state index contributed by atoms with van der Waals surface area (Å²) in [6, 6.07) is 3.57. The minimum absolute atomic E-state index is 0.393. The number of benzene rings is 1. The predicted octanol–water partition coefficient (Wildman–Crippen LogP) is 2.81. The number of hydrogen-bond donors (Lipinski definition) is 0. The van der Waals surface area contributed by atoms with E-state index in [4.69, 9.17) is 4.74 Å². The number of methoxy groups -OCH3 is 2. The van der Waals surface area contributed by atoms with Crippen molar-refractivity contribution < 1.29 is 14.3 Å². The van der Waals surface area contributed by atoms with E-state index in [0.717, 1.165) is 16.5 Å². The maximum Gasteiger partial charge on any atom is 0.341 e. The van der Waals surface area contributed by atoms with Crippen LogP contribution in [0.25, 0.3) is 0 Å². The summed E-state index contributed by atoms with van der Waals surface area (Å²) in [4.78, 5) is 11.4. The topological polar surface area (TPSA) is 35.5 Å². The summed E-state index contributed by atoms with van der Waals surface area (Å²) >= 11 is 3.40. The van der Waals surface area contributed by atoms with Crippen LogP contribution in [-0.2, 0) is 11.2 Å². The highest BCUT2D eigenvalue weighted by Gasteiger charge is 2.15. The molecule has 0 atom stereocenters. The molecule has 4 heteroatoms. The Morgan fingerprint density at radius 3 is 2.53 bits per heavy atom. The summed E-state index contributed by atoms with van der Waals surface area (Å²) in [6.07, 6.45) is 0.873. The number of aryl methyl sites for hydroxylation is 1. The van der Waals surface area contributed by atoms with Gasteiger partial charge < -0.3 is 9.47 Å². The lowest BCUT2D eigenvalue weighted by atomic mass is 10.1. The SMILES string of the molecule is CCc1cc(OC)c(C(=O)OC)cc1Br. The summed E-state index contributed by atoms with van der Waals surface area (Å²) in [5.41, 5.74) is 1.53. The lowest BCUT2D eigenvalue weighted by Gasteiger charge is -2.10. The molecule has 0 spiro atoms. The number of carbonyl (C=O) groups excluding carboxylic acids is 1. The maximum absolute atomic E-state index is 11.4. The summed E-state index contributed by atoms with van der Waals surface area (Å²) in [5.74, 6) is 0.150. The van der Waals surface area contributed by atoms with Crippen molar-refractivity contribution in [3.05, 3.63) is 27.7 Å². The molecule has 0 aromatic heterocycles. The van der Waals surface area contributed by atoms with Crippen LogP contribution < -0.4 is 4.74 Å². The highest BCUT2D eigenvalue weighted by atomic mass is 79.9. The van der Waals surface area contributed by atoms with Crippen molar-refractivity contribution in [2.24, 2.45) is 0 Å². The quantitative estimate of drug-likeness (QED) is 0.794. The van der Waals surface area contributed by atoms with E-state index in [2.05, 4.69) is 20.7 Å². The minimum atomic E-state index is -0.393. The normalized spacial score (nSPS) is 9.87. The highest BCUT2D eigenvalue weighted by molar-refractivity contribution is 9.10. The van der Waals surface area contributed by atoms with E-state index < -0.39 is 5.97 Å². The largest absolute Gasteiger partial charge is 0.496 e. The third kappa shape index (κ3) is 2.50. The second-order valence-corrected chi connectivity index (χ2v) is 3.84. The van der Waals surface area contributed by atoms with E-state index in [1.807, 2.05) is 13.0 Å². The number of ether oxygens (including phenoxy) is 2. The lowest BCUT2D eigenvalue weighted by Crippen LogP contribution is -2.05. The zero-order valence-corrected chi connectivity index (χ0v) is 10.6. The first-order valence-corrected chi connectivity index (χ1v) is 5.38. The van der Waals surface area contributed by atoms with E-state index >= 15 is 0 Å². The molecule has 0 bridgehead atoms. The lowest BCUT2D eigenvalue weighted by molar-refractivity contribution is 0.0597. The Labute approximate surface area is 97.5 Å². The fourth-order valence-electron chi connectivity index (χ4n) is 1.30. The Balaban J connectivity index is 3.27. The maximum atomic E-state index is 11.4. The van der Waals surface area contributed by atoms with Gasteiger partial charge in [0.15, 0.2) is 0 Å². The molecule has 0 amide bonds. The molecule has 0 fully saturated rings. The Kier molecular flexibility index (Phi) is 4.15. The fourth-order valence-corrected chi connectivity index (χ4v) is 1.93. The van der Waals surface area contributed by atoms with Crippen molar-refractivity contribution in [3.8, 4) is 5.75 Å². The van der Waals surface area contributed by atoms with Gasteiger partial charge in [0.1, 0.15) is 11.3 Å².